The molecule has 0 unspecified atom stereocenters. The molecule has 0 spiro atoms. The molecule has 1 aromatic heterocycles. The molecule has 0 amide bonds. The average Bonchev–Trinajstić information content (AvgIpc) is 2.09. The molecule has 0 aliphatic carbocycles. The maximum Gasteiger partial charge on any atom is 0.216 e. The van der Waals surface area contributed by atoms with Crippen LogP contribution in [0.4, 0.5) is 4.39 Å². The smallest absolute Gasteiger partial charge is 0.216 e. The van der Waals surface area contributed by atoms with Gasteiger partial charge >= 0.3 is 0 Å². The van der Waals surface area contributed by atoms with Crippen LogP contribution in [0.25, 0.3) is 0 Å². The van der Waals surface area contributed by atoms with Gasteiger partial charge in [-0.1, -0.05) is 13.8 Å². The van der Waals surface area contributed by atoms with Crippen molar-refractivity contribution in [3.8, 4) is 0 Å². The van der Waals surface area contributed by atoms with Crippen molar-refractivity contribution in [2.75, 3.05) is 6.61 Å². The fourth-order valence-corrected chi connectivity index (χ4v) is 1.51. The summed E-state index contributed by atoms with van der Waals surface area (Å²) in [7, 11) is 0. The lowest BCUT2D eigenvalue weighted by atomic mass is 9.86. The van der Waals surface area contributed by atoms with Gasteiger partial charge in [-0.05, 0) is 22.0 Å². The minimum absolute atomic E-state index is 0.238. The summed E-state index contributed by atoms with van der Waals surface area (Å²) in [5.74, 6) is 4.50. The first-order valence-corrected chi connectivity index (χ1v) is 4.90. The Morgan fingerprint density at radius 1 is 1.64 bits per heavy atom. The van der Waals surface area contributed by atoms with Gasteiger partial charge in [0.1, 0.15) is 0 Å². The SMILES string of the molecule is CC(C)(CON)c1cc(Br)cnc1F. The number of hydrogen-bond acceptors (Lipinski definition) is 3. The predicted molar refractivity (Wildman–Crippen MR) is 55.1 cm³/mol. The lowest BCUT2D eigenvalue weighted by Crippen LogP contribution is -2.27. The van der Waals surface area contributed by atoms with E-state index in [1.54, 1.807) is 6.07 Å². The Hall–Kier alpha value is -0.520. The van der Waals surface area contributed by atoms with E-state index in [-0.39, 0.29) is 6.61 Å². The molecule has 0 fully saturated rings. The molecule has 1 heterocycles. The molecule has 2 N–H and O–H groups in total. The number of nitrogens with zero attached hydrogens (tertiary/aromatic N) is 1. The van der Waals surface area contributed by atoms with Crippen LogP contribution in [0.3, 0.4) is 0 Å². The number of pyridine rings is 1. The molecule has 0 atom stereocenters. The van der Waals surface area contributed by atoms with Gasteiger partial charge in [0.25, 0.3) is 0 Å². The lowest BCUT2D eigenvalue weighted by molar-refractivity contribution is 0.0947. The summed E-state index contributed by atoms with van der Waals surface area (Å²) >= 11 is 3.24. The largest absolute Gasteiger partial charge is 0.304 e. The summed E-state index contributed by atoms with van der Waals surface area (Å²) in [6.45, 7) is 3.92. The van der Waals surface area contributed by atoms with Crippen molar-refractivity contribution in [3.05, 3.63) is 28.2 Å². The van der Waals surface area contributed by atoms with E-state index in [1.807, 2.05) is 13.8 Å². The third-order valence-electron chi connectivity index (χ3n) is 1.98. The van der Waals surface area contributed by atoms with Crippen LogP contribution in [0.2, 0.25) is 0 Å². The molecular weight excluding hydrogens is 251 g/mol. The molecule has 1 rings (SSSR count). The molecule has 1 aromatic rings. The summed E-state index contributed by atoms with van der Waals surface area (Å²) in [5, 5.41) is 0. The van der Waals surface area contributed by atoms with E-state index in [0.717, 1.165) is 4.47 Å². The molecule has 78 valence electrons. The van der Waals surface area contributed by atoms with Crippen LogP contribution in [-0.4, -0.2) is 11.6 Å². The van der Waals surface area contributed by atoms with Crippen LogP contribution >= 0.6 is 15.9 Å². The van der Waals surface area contributed by atoms with Gasteiger partial charge < -0.3 is 4.84 Å². The van der Waals surface area contributed by atoms with Crippen molar-refractivity contribution >= 4 is 15.9 Å². The second-order valence-corrected chi connectivity index (χ2v) is 4.60. The molecule has 5 heteroatoms. The molecule has 0 radical (unpaired) electrons. The van der Waals surface area contributed by atoms with Crippen molar-refractivity contribution in [1.29, 1.82) is 0 Å². The number of rotatable bonds is 3. The van der Waals surface area contributed by atoms with Gasteiger partial charge in [-0.2, -0.15) is 4.39 Å². The highest BCUT2D eigenvalue weighted by Gasteiger charge is 2.25. The van der Waals surface area contributed by atoms with Gasteiger partial charge in [0.15, 0.2) is 0 Å². The van der Waals surface area contributed by atoms with Gasteiger partial charge in [-0.25, -0.2) is 10.9 Å². The third-order valence-corrected chi connectivity index (χ3v) is 2.41. The molecule has 0 saturated heterocycles. The summed E-state index contributed by atoms with van der Waals surface area (Å²) in [6.07, 6.45) is 1.41. The number of halogens is 2. The van der Waals surface area contributed by atoms with E-state index in [9.17, 15) is 4.39 Å². The maximum absolute atomic E-state index is 13.4. The second-order valence-electron chi connectivity index (χ2n) is 3.69. The summed E-state index contributed by atoms with van der Waals surface area (Å²) in [6, 6.07) is 1.68. The Labute approximate surface area is 90.6 Å². The first kappa shape index (κ1) is 11.6. The van der Waals surface area contributed by atoms with Crippen LogP contribution in [0, 0.1) is 5.95 Å². The summed E-state index contributed by atoms with van der Waals surface area (Å²) < 4.78 is 14.1. The van der Waals surface area contributed by atoms with Crippen LogP contribution in [0.15, 0.2) is 16.7 Å². The van der Waals surface area contributed by atoms with Crippen LogP contribution in [-0.2, 0) is 10.3 Å². The highest BCUT2D eigenvalue weighted by atomic mass is 79.9. The van der Waals surface area contributed by atoms with E-state index < -0.39 is 11.4 Å². The van der Waals surface area contributed by atoms with Crippen molar-refractivity contribution in [3.63, 3.8) is 0 Å². The average molecular weight is 263 g/mol. The highest BCUT2D eigenvalue weighted by molar-refractivity contribution is 9.10. The molecule has 0 saturated carbocycles. The quantitative estimate of drug-likeness (QED) is 0.671. The number of aromatic nitrogens is 1. The van der Waals surface area contributed by atoms with Gasteiger partial charge in [0.2, 0.25) is 5.95 Å². The Kier molecular flexibility index (Phi) is 3.58. The van der Waals surface area contributed by atoms with Crippen LogP contribution in [0.5, 0.6) is 0 Å². The summed E-state index contributed by atoms with van der Waals surface area (Å²) in [5.41, 5.74) is -0.00683. The molecule has 14 heavy (non-hydrogen) atoms. The fraction of sp³-hybridized carbons (Fsp3) is 0.444. The van der Waals surface area contributed by atoms with Gasteiger partial charge in [0, 0.05) is 21.6 Å². The standard InChI is InChI=1S/C9H12BrFN2O/c1-9(2,5-14-12)7-3-6(10)4-13-8(7)11/h3-4H,5,12H2,1-2H3. The molecule has 0 aliphatic heterocycles. The summed E-state index contributed by atoms with van der Waals surface area (Å²) in [4.78, 5) is 8.16. The first-order chi connectivity index (χ1) is 6.47. The van der Waals surface area contributed by atoms with Crippen molar-refractivity contribution < 1.29 is 9.23 Å². The maximum atomic E-state index is 13.4. The zero-order chi connectivity index (χ0) is 10.8. The van der Waals surface area contributed by atoms with E-state index in [0.29, 0.717) is 5.56 Å². The van der Waals surface area contributed by atoms with E-state index in [1.165, 1.54) is 6.20 Å². The normalized spacial score (nSPS) is 11.8. The van der Waals surface area contributed by atoms with Gasteiger partial charge in [-0.15, -0.1) is 0 Å². The van der Waals surface area contributed by atoms with Crippen molar-refractivity contribution in [1.82, 2.24) is 4.98 Å². The Balaban J connectivity index is 3.10. The van der Waals surface area contributed by atoms with Crippen LogP contribution < -0.4 is 5.90 Å². The molecule has 0 aromatic carbocycles. The highest BCUT2D eigenvalue weighted by Crippen LogP contribution is 2.27. The van der Waals surface area contributed by atoms with Gasteiger partial charge in [-0.3, -0.25) is 0 Å². The number of hydrogen-bond donors (Lipinski definition) is 1. The van der Waals surface area contributed by atoms with E-state index in [4.69, 9.17) is 5.90 Å². The predicted octanol–water partition coefficient (Wildman–Crippen LogP) is 2.15. The minimum Gasteiger partial charge on any atom is -0.304 e. The number of nitrogens with two attached hydrogens (primary N) is 1. The fourth-order valence-electron chi connectivity index (χ4n) is 1.18. The third kappa shape index (κ3) is 2.50. The topological polar surface area (TPSA) is 48.1 Å². The Bertz CT molecular complexity index is 331. The second kappa shape index (κ2) is 4.33. The monoisotopic (exact) mass is 262 g/mol. The molecule has 3 nitrogen and oxygen atoms in total. The van der Waals surface area contributed by atoms with Crippen molar-refractivity contribution in [2.24, 2.45) is 5.90 Å². The first-order valence-electron chi connectivity index (χ1n) is 4.10. The van der Waals surface area contributed by atoms with E-state index in [2.05, 4.69) is 25.8 Å². The van der Waals surface area contributed by atoms with Crippen molar-refractivity contribution in [2.45, 2.75) is 19.3 Å². The Morgan fingerprint density at radius 2 is 2.29 bits per heavy atom. The Morgan fingerprint density at radius 3 is 2.86 bits per heavy atom. The zero-order valence-electron chi connectivity index (χ0n) is 8.05. The van der Waals surface area contributed by atoms with E-state index >= 15 is 0 Å². The lowest BCUT2D eigenvalue weighted by Gasteiger charge is -2.23. The molecule has 0 bridgehead atoms. The molecular formula is C9H12BrFN2O. The minimum atomic E-state index is -0.491. The molecule has 0 aliphatic rings. The zero-order valence-corrected chi connectivity index (χ0v) is 9.64. The van der Waals surface area contributed by atoms with Crippen LogP contribution in [0.1, 0.15) is 19.4 Å². The van der Waals surface area contributed by atoms with Gasteiger partial charge in [0.05, 0.1) is 6.61 Å².